The second kappa shape index (κ2) is 6.09. The van der Waals surface area contributed by atoms with E-state index in [-0.39, 0.29) is 5.78 Å². The Morgan fingerprint density at radius 2 is 1.89 bits per heavy atom. The van der Waals surface area contributed by atoms with Crippen LogP contribution in [0.4, 0.5) is 0 Å². The minimum atomic E-state index is 0.00578. The fourth-order valence-corrected chi connectivity index (χ4v) is 2.00. The number of rotatable bonds is 4. The van der Waals surface area contributed by atoms with E-state index in [9.17, 15) is 4.79 Å². The van der Waals surface area contributed by atoms with Gasteiger partial charge >= 0.3 is 0 Å². The van der Waals surface area contributed by atoms with Gasteiger partial charge in [-0.05, 0) is 25.1 Å². The summed E-state index contributed by atoms with van der Waals surface area (Å²) in [5.74, 6) is 0.634. The molecule has 4 heteroatoms. The average molecular weight is 295 g/mol. The second-order valence-corrected chi connectivity index (χ2v) is 4.87. The third-order valence-corrected chi connectivity index (χ3v) is 3.52. The Kier molecular flexibility index (Phi) is 4.46. The van der Waals surface area contributed by atoms with E-state index in [0.29, 0.717) is 28.0 Å². The lowest BCUT2D eigenvalue weighted by molar-refractivity contribution is 0.101. The largest absolute Gasteiger partial charge is 0.489 e. The normalized spacial score (nSPS) is 10.3. The van der Waals surface area contributed by atoms with Gasteiger partial charge in [0.1, 0.15) is 12.4 Å². The predicted molar refractivity (Wildman–Crippen MR) is 77.2 cm³/mol. The lowest BCUT2D eigenvalue weighted by Crippen LogP contribution is -1.98. The number of benzene rings is 2. The number of hydrogen-bond donors (Lipinski definition) is 0. The first kappa shape index (κ1) is 13.9. The Labute approximate surface area is 121 Å². The molecule has 19 heavy (non-hydrogen) atoms. The van der Waals surface area contributed by atoms with E-state index < -0.39 is 0 Å². The van der Waals surface area contributed by atoms with Crippen molar-refractivity contribution in [2.45, 2.75) is 13.5 Å². The molecule has 0 aliphatic rings. The minimum absolute atomic E-state index is 0.00578. The molecule has 98 valence electrons. The van der Waals surface area contributed by atoms with Crippen molar-refractivity contribution < 1.29 is 9.53 Å². The van der Waals surface area contributed by atoms with Gasteiger partial charge in [-0.1, -0.05) is 47.5 Å². The third kappa shape index (κ3) is 3.49. The summed E-state index contributed by atoms with van der Waals surface area (Å²) in [5, 5.41) is 0.993. The molecule has 0 N–H and O–H groups in total. The van der Waals surface area contributed by atoms with Gasteiger partial charge in [-0.3, -0.25) is 4.79 Å². The number of carbonyl (C=O) groups excluding carboxylic acids is 1. The maximum atomic E-state index is 11.3. The molecule has 0 saturated carbocycles. The van der Waals surface area contributed by atoms with E-state index in [2.05, 4.69) is 0 Å². The summed E-state index contributed by atoms with van der Waals surface area (Å²) in [4.78, 5) is 11.3. The van der Waals surface area contributed by atoms with E-state index in [1.54, 1.807) is 30.3 Å². The molecule has 0 aromatic heterocycles. The zero-order chi connectivity index (χ0) is 13.8. The van der Waals surface area contributed by atoms with Gasteiger partial charge in [-0.2, -0.15) is 0 Å². The summed E-state index contributed by atoms with van der Waals surface area (Å²) in [7, 11) is 0. The number of ether oxygens (including phenoxy) is 1. The van der Waals surface area contributed by atoms with Crippen LogP contribution >= 0.6 is 23.2 Å². The van der Waals surface area contributed by atoms with Crippen molar-refractivity contribution in [1.82, 2.24) is 0 Å². The molecule has 2 nitrogen and oxygen atoms in total. The molecule has 0 atom stereocenters. The molecule has 0 radical (unpaired) electrons. The first-order valence-corrected chi connectivity index (χ1v) is 6.50. The first-order valence-electron chi connectivity index (χ1n) is 5.74. The Hall–Kier alpha value is -1.51. The maximum absolute atomic E-state index is 11.3. The molecule has 0 amide bonds. The molecule has 2 aromatic carbocycles. The summed E-state index contributed by atoms with van der Waals surface area (Å²) >= 11 is 12.0. The van der Waals surface area contributed by atoms with Crippen LogP contribution in [0.15, 0.2) is 42.5 Å². The van der Waals surface area contributed by atoms with Gasteiger partial charge in [0.15, 0.2) is 5.78 Å². The van der Waals surface area contributed by atoms with Crippen LogP contribution in [0.1, 0.15) is 22.8 Å². The number of Topliss-reactive ketones (excluding diaryl/α,β-unsaturated/α-hetero) is 1. The van der Waals surface area contributed by atoms with E-state index in [4.69, 9.17) is 27.9 Å². The predicted octanol–water partition coefficient (Wildman–Crippen LogP) is 4.78. The topological polar surface area (TPSA) is 26.3 Å². The van der Waals surface area contributed by atoms with Crippen LogP contribution < -0.4 is 4.74 Å². The number of hydrogen-bond acceptors (Lipinski definition) is 2. The highest BCUT2D eigenvalue weighted by Crippen LogP contribution is 2.26. The van der Waals surface area contributed by atoms with Crippen molar-refractivity contribution in [3.8, 4) is 5.75 Å². The first-order chi connectivity index (χ1) is 9.08. The Balaban J connectivity index is 2.12. The Morgan fingerprint density at radius 1 is 1.16 bits per heavy atom. The third-order valence-electron chi connectivity index (χ3n) is 2.67. The number of ketones is 1. The van der Waals surface area contributed by atoms with Crippen LogP contribution in [-0.4, -0.2) is 5.78 Å². The van der Waals surface area contributed by atoms with Gasteiger partial charge in [0.2, 0.25) is 0 Å². The van der Waals surface area contributed by atoms with Crippen molar-refractivity contribution >= 4 is 29.0 Å². The summed E-state index contributed by atoms with van der Waals surface area (Å²) in [6, 6.07) is 12.4. The molecule has 0 aliphatic heterocycles. The van der Waals surface area contributed by atoms with E-state index in [1.807, 2.05) is 12.1 Å². The molecule has 2 rings (SSSR count). The standard InChI is InChI=1S/C15H12Cl2O2/c1-10(18)11-4-2-6-13(8-11)19-9-12-5-3-7-14(16)15(12)17/h2-8H,9H2,1H3. The number of carbonyl (C=O) groups is 1. The fourth-order valence-electron chi connectivity index (χ4n) is 1.63. The lowest BCUT2D eigenvalue weighted by Gasteiger charge is -2.09. The highest BCUT2D eigenvalue weighted by Gasteiger charge is 2.06. The molecule has 0 fully saturated rings. The van der Waals surface area contributed by atoms with Gasteiger partial charge < -0.3 is 4.74 Å². The summed E-state index contributed by atoms with van der Waals surface area (Å²) in [6.07, 6.45) is 0. The van der Waals surface area contributed by atoms with E-state index >= 15 is 0 Å². The maximum Gasteiger partial charge on any atom is 0.159 e. The van der Waals surface area contributed by atoms with Gasteiger partial charge in [0, 0.05) is 11.1 Å². The van der Waals surface area contributed by atoms with Gasteiger partial charge in [0.05, 0.1) is 10.0 Å². The van der Waals surface area contributed by atoms with Crippen molar-refractivity contribution in [1.29, 1.82) is 0 Å². The van der Waals surface area contributed by atoms with Crippen LogP contribution in [0, 0.1) is 0 Å². The summed E-state index contributed by atoms with van der Waals surface area (Å²) in [6.45, 7) is 1.83. The molecule has 0 saturated heterocycles. The molecule has 0 bridgehead atoms. The van der Waals surface area contributed by atoms with E-state index in [1.165, 1.54) is 6.92 Å². The highest BCUT2D eigenvalue weighted by molar-refractivity contribution is 6.42. The summed E-state index contributed by atoms with van der Waals surface area (Å²) < 4.78 is 5.62. The minimum Gasteiger partial charge on any atom is -0.489 e. The summed E-state index contributed by atoms with van der Waals surface area (Å²) in [5.41, 5.74) is 1.43. The van der Waals surface area contributed by atoms with Crippen molar-refractivity contribution in [2.75, 3.05) is 0 Å². The van der Waals surface area contributed by atoms with Gasteiger partial charge in [0.25, 0.3) is 0 Å². The molecule has 0 unspecified atom stereocenters. The number of halogens is 2. The zero-order valence-electron chi connectivity index (χ0n) is 10.3. The fraction of sp³-hybridized carbons (Fsp3) is 0.133. The smallest absolute Gasteiger partial charge is 0.159 e. The molecular formula is C15H12Cl2O2. The van der Waals surface area contributed by atoms with Gasteiger partial charge in [-0.25, -0.2) is 0 Å². The molecule has 0 heterocycles. The van der Waals surface area contributed by atoms with Crippen LogP contribution in [0.25, 0.3) is 0 Å². The second-order valence-electron chi connectivity index (χ2n) is 4.09. The molecule has 0 aliphatic carbocycles. The molecule has 0 spiro atoms. The molecule has 2 aromatic rings. The monoisotopic (exact) mass is 294 g/mol. The van der Waals surface area contributed by atoms with Crippen LogP contribution in [0.5, 0.6) is 5.75 Å². The lowest BCUT2D eigenvalue weighted by atomic mass is 10.1. The highest BCUT2D eigenvalue weighted by atomic mass is 35.5. The van der Waals surface area contributed by atoms with Crippen molar-refractivity contribution in [3.05, 3.63) is 63.6 Å². The van der Waals surface area contributed by atoms with Crippen LogP contribution in [0.3, 0.4) is 0 Å². The Morgan fingerprint density at radius 3 is 2.63 bits per heavy atom. The quantitative estimate of drug-likeness (QED) is 0.759. The van der Waals surface area contributed by atoms with Crippen molar-refractivity contribution in [2.24, 2.45) is 0 Å². The van der Waals surface area contributed by atoms with Crippen LogP contribution in [0.2, 0.25) is 10.0 Å². The SMILES string of the molecule is CC(=O)c1cccc(OCc2cccc(Cl)c2Cl)c1. The average Bonchev–Trinajstić information content (AvgIpc) is 2.41. The van der Waals surface area contributed by atoms with E-state index in [0.717, 1.165) is 5.56 Å². The zero-order valence-corrected chi connectivity index (χ0v) is 11.8. The van der Waals surface area contributed by atoms with Gasteiger partial charge in [-0.15, -0.1) is 0 Å². The van der Waals surface area contributed by atoms with Crippen LogP contribution in [-0.2, 0) is 6.61 Å². The van der Waals surface area contributed by atoms with Crippen molar-refractivity contribution in [3.63, 3.8) is 0 Å². The molecular weight excluding hydrogens is 283 g/mol. The Bertz CT molecular complexity index is 609.